The second-order valence-corrected chi connectivity index (χ2v) is 6.02. The lowest BCUT2D eigenvalue weighted by molar-refractivity contribution is 0.287. The molecule has 0 heterocycles. The van der Waals surface area contributed by atoms with Crippen LogP contribution in [0, 0.1) is 0 Å². The Balaban J connectivity index is 2.34. The zero-order valence-corrected chi connectivity index (χ0v) is 11.3. The Kier molecular flexibility index (Phi) is 3.97. The lowest BCUT2D eigenvalue weighted by Crippen LogP contribution is -2.07. The van der Waals surface area contributed by atoms with Gasteiger partial charge >= 0.3 is 7.60 Å². The maximum Gasteiger partial charge on any atom is 0.360 e. The van der Waals surface area contributed by atoms with Crippen molar-refractivity contribution in [1.82, 2.24) is 0 Å². The van der Waals surface area contributed by atoms with E-state index in [0.29, 0.717) is 5.30 Å². The fraction of sp³-hybridized carbons (Fsp3) is 0.143. The van der Waals surface area contributed by atoms with Gasteiger partial charge < -0.3 is 9.05 Å². The van der Waals surface area contributed by atoms with Gasteiger partial charge in [-0.3, -0.25) is 4.57 Å². The van der Waals surface area contributed by atoms with E-state index >= 15 is 0 Å². The van der Waals surface area contributed by atoms with E-state index in [1.165, 1.54) is 14.2 Å². The Labute approximate surface area is 107 Å². The molecule has 0 saturated carbocycles. The highest BCUT2D eigenvalue weighted by atomic mass is 31.2. The van der Waals surface area contributed by atoms with Crippen molar-refractivity contribution in [3.05, 3.63) is 54.6 Å². The van der Waals surface area contributed by atoms with E-state index < -0.39 is 7.60 Å². The third-order valence-electron chi connectivity index (χ3n) is 2.77. The van der Waals surface area contributed by atoms with Crippen molar-refractivity contribution < 1.29 is 13.6 Å². The van der Waals surface area contributed by atoms with Gasteiger partial charge in [-0.05, 0) is 23.3 Å². The average molecular weight is 262 g/mol. The van der Waals surface area contributed by atoms with E-state index in [1.54, 1.807) is 12.1 Å². The molecular weight excluding hydrogens is 247 g/mol. The fourth-order valence-electron chi connectivity index (χ4n) is 1.75. The van der Waals surface area contributed by atoms with Crippen LogP contribution >= 0.6 is 7.60 Å². The zero-order valence-electron chi connectivity index (χ0n) is 10.4. The van der Waals surface area contributed by atoms with Gasteiger partial charge in [0.05, 0.1) is 5.30 Å². The second kappa shape index (κ2) is 5.49. The molecule has 94 valence electrons. The first kappa shape index (κ1) is 13.0. The summed E-state index contributed by atoms with van der Waals surface area (Å²) in [5.41, 5.74) is 2.19. The van der Waals surface area contributed by atoms with E-state index in [4.69, 9.17) is 9.05 Å². The first-order valence-corrected chi connectivity index (χ1v) is 7.11. The van der Waals surface area contributed by atoms with E-state index in [0.717, 1.165) is 11.1 Å². The SMILES string of the molecule is COP(=O)(OC)c1ccc(-c2ccccc2)cc1. The van der Waals surface area contributed by atoms with Gasteiger partial charge in [-0.1, -0.05) is 42.5 Å². The third-order valence-corrected chi connectivity index (χ3v) is 4.66. The molecule has 0 aromatic heterocycles. The highest BCUT2D eigenvalue weighted by molar-refractivity contribution is 7.62. The lowest BCUT2D eigenvalue weighted by Gasteiger charge is -2.13. The second-order valence-electron chi connectivity index (χ2n) is 3.78. The molecule has 4 heteroatoms. The van der Waals surface area contributed by atoms with Gasteiger partial charge in [-0.2, -0.15) is 0 Å². The Morgan fingerprint density at radius 1 is 0.778 bits per heavy atom. The molecule has 0 aliphatic heterocycles. The van der Waals surface area contributed by atoms with Crippen molar-refractivity contribution in [1.29, 1.82) is 0 Å². The van der Waals surface area contributed by atoms with Crippen molar-refractivity contribution >= 4 is 12.9 Å². The first-order chi connectivity index (χ1) is 8.69. The summed E-state index contributed by atoms with van der Waals surface area (Å²) in [4.78, 5) is 0. The molecule has 0 spiro atoms. The molecule has 18 heavy (non-hydrogen) atoms. The fourth-order valence-corrected chi connectivity index (χ4v) is 2.84. The summed E-state index contributed by atoms with van der Waals surface area (Å²) in [7, 11) is -0.376. The van der Waals surface area contributed by atoms with Crippen molar-refractivity contribution in [2.75, 3.05) is 14.2 Å². The molecule has 0 unspecified atom stereocenters. The molecule has 0 saturated heterocycles. The Morgan fingerprint density at radius 2 is 1.28 bits per heavy atom. The molecule has 0 aliphatic rings. The van der Waals surface area contributed by atoms with Crippen LogP contribution in [0.5, 0.6) is 0 Å². The van der Waals surface area contributed by atoms with Crippen LogP contribution in [0.1, 0.15) is 0 Å². The Hall–Kier alpha value is -1.41. The maximum atomic E-state index is 12.2. The van der Waals surface area contributed by atoms with Crippen LogP contribution in [-0.2, 0) is 13.6 Å². The normalized spacial score (nSPS) is 11.4. The maximum absolute atomic E-state index is 12.2. The van der Waals surface area contributed by atoms with Gasteiger partial charge in [0.1, 0.15) is 0 Å². The van der Waals surface area contributed by atoms with E-state index in [1.807, 2.05) is 42.5 Å². The molecule has 0 N–H and O–H groups in total. The molecule has 0 radical (unpaired) electrons. The monoisotopic (exact) mass is 262 g/mol. The molecule has 3 nitrogen and oxygen atoms in total. The summed E-state index contributed by atoms with van der Waals surface area (Å²) < 4.78 is 22.1. The van der Waals surface area contributed by atoms with Gasteiger partial charge in [0.25, 0.3) is 0 Å². The van der Waals surface area contributed by atoms with Crippen LogP contribution < -0.4 is 5.30 Å². The molecule has 0 fully saturated rings. The van der Waals surface area contributed by atoms with Gasteiger partial charge in [-0.25, -0.2) is 0 Å². The molecule has 2 aromatic carbocycles. The summed E-state index contributed by atoms with van der Waals surface area (Å²) >= 11 is 0. The largest absolute Gasteiger partial charge is 0.360 e. The van der Waals surface area contributed by atoms with Crippen LogP contribution in [0.4, 0.5) is 0 Å². The Morgan fingerprint density at radius 3 is 1.78 bits per heavy atom. The summed E-state index contributed by atoms with van der Waals surface area (Å²) in [5, 5.41) is 0.562. The van der Waals surface area contributed by atoms with Crippen molar-refractivity contribution in [3.8, 4) is 11.1 Å². The van der Waals surface area contributed by atoms with Gasteiger partial charge in [0.2, 0.25) is 0 Å². The highest BCUT2D eigenvalue weighted by Gasteiger charge is 2.23. The summed E-state index contributed by atoms with van der Waals surface area (Å²) in [5.74, 6) is 0. The van der Waals surface area contributed by atoms with E-state index in [-0.39, 0.29) is 0 Å². The van der Waals surface area contributed by atoms with Crippen molar-refractivity contribution in [2.24, 2.45) is 0 Å². The topological polar surface area (TPSA) is 35.5 Å². The minimum Gasteiger partial charge on any atom is -0.309 e. The summed E-state index contributed by atoms with van der Waals surface area (Å²) in [6.45, 7) is 0. The number of hydrogen-bond donors (Lipinski definition) is 0. The van der Waals surface area contributed by atoms with E-state index in [9.17, 15) is 4.57 Å². The third kappa shape index (κ3) is 2.54. The number of benzene rings is 2. The molecule has 0 amide bonds. The lowest BCUT2D eigenvalue weighted by atomic mass is 10.1. The predicted octanol–water partition coefficient (Wildman–Crippen LogP) is 3.46. The van der Waals surface area contributed by atoms with Gasteiger partial charge in [0, 0.05) is 14.2 Å². The molecule has 2 rings (SSSR count). The molecule has 0 aliphatic carbocycles. The molecule has 2 aromatic rings. The smallest absolute Gasteiger partial charge is 0.309 e. The van der Waals surface area contributed by atoms with Crippen LogP contribution in [0.2, 0.25) is 0 Å². The summed E-state index contributed by atoms with van der Waals surface area (Å²) in [6, 6.07) is 17.4. The summed E-state index contributed by atoms with van der Waals surface area (Å²) in [6.07, 6.45) is 0. The minimum atomic E-state index is -3.14. The van der Waals surface area contributed by atoms with Crippen molar-refractivity contribution in [2.45, 2.75) is 0 Å². The highest BCUT2D eigenvalue weighted by Crippen LogP contribution is 2.45. The van der Waals surface area contributed by atoms with E-state index in [2.05, 4.69) is 0 Å². The standard InChI is InChI=1S/C14H15O3P/c1-16-18(15,17-2)14-10-8-13(9-11-14)12-6-4-3-5-7-12/h3-11H,1-2H3. The van der Waals surface area contributed by atoms with Crippen LogP contribution in [0.3, 0.4) is 0 Å². The molecule has 0 bridgehead atoms. The van der Waals surface area contributed by atoms with Crippen LogP contribution in [0.15, 0.2) is 54.6 Å². The van der Waals surface area contributed by atoms with Crippen LogP contribution in [0.25, 0.3) is 11.1 Å². The number of hydrogen-bond acceptors (Lipinski definition) is 3. The molecular formula is C14H15O3P. The quantitative estimate of drug-likeness (QED) is 0.791. The van der Waals surface area contributed by atoms with Gasteiger partial charge in [0.15, 0.2) is 0 Å². The van der Waals surface area contributed by atoms with Crippen molar-refractivity contribution in [3.63, 3.8) is 0 Å². The van der Waals surface area contributed by atoms with Crippen LogP contribution in [-0.4, -0.2) is 14.2 Å². The predicted molar refractivity (Wildman–Crippen MR) is 73.1 cm³/mol. The van der Waals surface area contributed by atoms with Gasteiger partial charge in [-0.15, -0.1) is 0 Å². The Bertz CT molecular complexity index is 541. The average Bonchev–Trinajstić information content (AvgIpc) is 2.47. The molecule has 0 atom stereocenters. The minimum absolute atomic E-state index is 0.562. The first-order valence-electron chi connectivity index (χ1n) is 5.57. The number of rotatable bonds is 4. The zero-order chi connectivity index (χ0) is 13.0.